The van der Waals surface area contributed by atoms with Gasteiger partial charge in [-0.05, 0) is 55.5 Å². The molecule has 2 bridgehead atoms. The molecule has 3 heterocycles. The Morgan fingerprint density at radius 1 is 1.15 bits per heavy atom. The van der Waals surface area contributed by atoms with Crippen molar-refractivity contribution in [1.82, 2.24) is 20.1 Å². The molecule has 1 amide bonds. The van der Waals surface area contributed by atoms with Crippen molar-refractivity contribution in [2.75, 3.05) is 13.1 Å². The van der Waals surface area contributed by atoms with Gasteiger partial charge in [-0.25, -0.2) is 0 Å². The average molecular weight is 379 g/mol. The van der Waals surface area contributed by atoms with Crippen LogP contribution in [0.1, 0.15) is 30.0 Å². The van der Waals surface area contributed by atoms with Crippen molar-refractivity contribution in [2.24, 2.45) is 11.8 Å². The number of rotatable bonds is 3. The Hall–Kier alpha value is -2.34. The number of pyridine rings is 1. The fraction of sp³-hybridized carbons (Fsp3) is 0.429. The van der Waals surface area contributed by atoms with E-state index in [2.05, 4.69) is 38.3 Å². The van der Waals surface area contributed by atoms with E-state index in [-0.39, 0.29) is 5.91 Å². The van der Waals surface area contributed by atoms with E-state index in [9.17, 15) is 4.79 Å². The van der Waals surface area contributed by atoms with Crippen LogP contribution in [0.25, 0.3) is 21.3 Å². The van der Waals surface area contributed by atoms with Gasteiger partial charge < -0.3 is 4.90 Å². The summed E-state index contributed by atoms with van der Waals surface area (Å²) in [6.45, 7) is 3.83. The summed E-state index contributed by atoms with van der Waals surface area (Å²) < 4.78 is 0. The van der Waals surface area contributed by atoms with Gasteiger partial charge >= 0.3 is 0 Å². The van der Waals surface area contributed by atoms with Gasteiger partial charge in [0.2, 0.25) is 5.91 Å². The number of aryl methyl sites for hydroxylation is 1. The minimum Gasteiger partial charge on any atom is -0.342 e. The fourth-order valence-corrected chi connectivity index (χ4v) is 5.20. The maximum absolute atomic E-state index is 12.8. The molecular formula is C21H22N4OS. The van der Waals surface area contributed by atoms with Crippen LogP contribution in [-0.4, -0.2) is 39.1 Å². The van der Waals surface area contributed by atoms with Crippen LogP contribution >= 0.6 is 11.3 Å². The largest absolute Gasteiger partial charge is 0.342 e. The zero-order valence-electron chi connectivity index (χ0n) is 15.4. The van der Waals surface area contributed by atoms with Crippen LogP contribution in [0.2, 0.25) is 0 Å². The highest BCUT2D eigenvalue weighted by molar-refractivity contribution is 7.14. The zero-order chi connectivity index (χ0) is 18.4. The molecule has 0 radical (unpaired) electrons. The Kier molecular flexibility index (Phi) is 4.16. The lowest BCUT2D eigenvalue weighted by Crippen LogP contribution is -2.41. The van der Waals surface area contributed by atoms with Crippen LogP contribution in [0.3, 0.4) is 0 Å². The fourth-order valence-electron chi connectivity index (χ4n) is 4.51. The molecule has 2 aromatic heterocycles. The van der Waals surface area contributed by atoms with E-state index in [0.29, 0.717) is 6.42 Å². The number of benzene rings is 1. The van der Waals surface area contributed by atoms with Gasteiger partial charge in [0.15, 0.2) is 0 Å². The van der Waals surface area contributed by atoms with Crippen molar-refractivity contribution in [2.45, 2.75) is 32.6 Å². The van der Waals surface area contributed by atoms with Crippen LogP contribution in [0.4, 0.5) is 0 Å². The molecule has 5 rings (SSSR count). The number of hydrogen-bond donors (Lipinski definition) is 0. The summed E-state index contributed by atoms with van der Waals surface area (Å²) >= 11 is 1.59. The Morgan fingerprint density at radius 3 is 2.70 bits per heavy atom. The van der Waals surface area contributed by atoms with Gasteiger partial charge in [-0.15, -0.1) is 10.2 Å². The minimum atomic E-state index is 0.217. The van der Waals surface area contributed by atoms with Crippen LogP contribution < -0.4 is 0 Å². The SMILES string of the molecule is Cc1nnc(-c2ccc3cnc(CC(=O)N4CC5CCC(C5)C4)cc3c2)s1. The maximum atomic E-state index is 12.8. The number of amides is 1. The van der Waals surface area contributed by atoms with E-state index in [1.54, 1.807) is 11.3 Å². The number of nitrogens with zero attached hydrogens (tertiary/aromatic N) is 4. The molecule has 27 heavy (non-hydrogen) atoms. The van der Waals surface area contributed by atoms with Gasteiger partial charge in [0.1, 0.15) is 10.0 Å². The van der Waals surface area contributed by atoms with Crippen LogP contribution in [-0.2, 0) is 11.2 Å². The van der Waals surface area contributed by atoms with Crippen molar-refractivity contribution < 1.29 is 4.79 Å². The van der Waals surface area contributed by atoms with Crippen LogP contribution in [0, 0.1) is 18.8 Å². The third kappa shape index (κ3) is 3.34. The number of aromatic nitrogens is 3. The molecular weight excluding hydrogens is 356 g/mol. The average Bonchev–Trinajstić information content (AvgIpc) is 3.26. The predicted octanol–water partition coefficient (Wildman–Crippen LogP) is 3.86. The first-order valence-electron chi connectivity index (χ1n) is 9.61. The monoisotopic (exact) mass is 378 g/mol. The number of carbonyl (C=O) groups is 1. The van der Waals surface area contributed by atoms with Crippen molar-refractivity contribution in [3.63, 3.8) is 0 Å². The third-order valence-corrected chi connectivity index (χ3v) is 6.73. The quantitative estimate of drug-likeness (QED) is 0.694. The summed E-state index contributed by atoms with van der Waals surface area (Å²) in [5.74, 6) is 1.65. The molecule has 2 atom stereocenters. The normalized spacial score (nSPS) is 21.7. The topological polar surface area (TPSA) is 59.0 Å². The van der Waals surface area contributed by atoms with E-state index < -0.39 is 0 Å². The summed E-state index contributed by atoms with van der Waals surface area (Å²) in [5.41, 5.74) is 1.90. The standard InChI is InChI=1S/C21H22N4OS/c1-13-23-24-21(27-13)16-4-5-17-10-22-19(8-18(17)7-16)9-20(26)25-11-14-2-3-15(6-14)12-25/h4-5,7-8,10,14-15H,2-3,6,9,11-12H2,1H3. The van der Waals surface area contributed by atoms with Gasteiger partial charge in [-0.2, -0.15) is 0 Å². The lowest BCUT2D eigenvalue weighted by molar-refractivity contribution is -0.132. The molecule has 1 aliphatic carbocycles. The summed E-state index contributed by atoms with van der Waals surface area (Å²) in [4.78, 5) is 19.4. The van der Waals surface area contributed by atoms with Crippen LogP contribution in [0.15, 0.2) is 30.5 Å². The second-order valence-corrected chi connectivity index (χ2v) is 9.07. The van der Waals surface area contributed by atoms with Crippen molar-refractivity contribution in [3.05, 3.63) is 41.2 Å². The number of fused-ring (bicyclic) bond motifs is 3. The minimum absolute atomic E-state index is 0.217. The molecule has 3 aromatic rings. The highest BCUT2D eigenvalue weighted by Crippen LogP contribution is 2.36. The van der Waals surface area contributed by atoms with E-state index in [1.165, 1.54) is 19.3 Å². The zero-order valence-corrected chi connectivity index (χ0v) is 16.2. The highest BCUT2D eigenvalue weighted by atomic mass is 32.1. The highest BCUT2D eigenvalue weighted by Gasteiger charge is 2.34. The summed E-state index contributed by atoms with van der Waals surface area (Å²) in [6.07, 6.45) is 6.14. The van der Waals surface area contributed by atoms with E-state index in [1.807, 2.05) is 19.2 Å². The van der Waals surface area contributed by atoms with Crippen LogP contribution in [0.5, 0.6) is 0 Å². The number of piperidine rings is 1. The third-order valence-electron chi connectivity index (χ3n) is 5.84. The molecule has 0 spiro atoms. The molecule has 2 fully saturated rings. The molecule has 6 heteroatoms. The second-order valence-electron chi connectivity index (χ2n) is 7.88. The number of carbonyl (C=O) groups excluding carboxylic acids is 1. The summed E-state index contributed by atoms with van der Waals surface area (Å²) in [6, 6.07) is 8.27. The summed E-state index contributed by atoms with van der Waals surface area (Å²) in [7, 11) is 0. The molecule has 1 aliphatic heterocycles. The molecule has 2 unspecified atom stereocenters. The molecule has 1 aromatic carbocycles. The van der Waals surface area contributed by atoms with E-state index >= 15 is 0 Å². The van der Waals surface area contributed by atoms with Crippen molar-refractivity contribution >= 4 is 28.0 Å². The molecule has 2 aliphatic rings. The van der Waals surface area contributed by atoms with Gasteiger partial charge in [-0.1, -0.05) is 23.5 Å². The Morgan fingerprint density at radius 2 is 1.96 bits per heavy atom. The number of hydrogen-bond acceptors (Lipinski definition) is 5. The maximum Gasteiger partial charge on any atom is 0.228 e. The Labute approximate surface area is 162 Å². The van der Waals surface area contributed by atoms with E-state index in [4.69, 9.17) is 0 Å². The van der Waals surface area contributed by atoms with Gasteiger partial charge in [0.25, 0.3) is 0 Å². The predicted molar refractivity (Wildman–Crippen MR) is 106 cm³/mol. The van der Waals surface area contributed by atoms with Crippen molar-refractivity contribution in [1.29, 1.82) is 0 Å². The first-order valence-corrected chi connectivity index (χ1v) is 10.4. The van der Waals surface area contributed by atoms with Gasteiger partial charge in [0, 0.05) is 30.2 Å². The Balaban J connectivity index is 1.38. The number of likely N-dealkylation sites (tertiary alicyclic amines) is 1. The molecule has 1 saturated carbocycles. The van der Waals surface area contributed by atoms with Crippen molar-refractivity contribution in [3.8, 4) is 10.6 Å². The lowest BCUT2D eigenvalue weighted by Gasteiger charge is -2.31. The smallest absolute Gasteiger partial charge is 0.228 e. The molecule has 5 nitrogen and oxygen atoms in total. The first-order chi connectivity index (χ1) is 13.1. The van der Waals surface area contributed by atoms with Gasteiger partial charge in [-0.3, -0.25) is 9.78 Å². The van der Waals surface area contributed by atoms with E-state index in [0.717, 1.165) is 57.0 Å². The first kappa shape index (κ1) is 16.8. The lowest BCUT2D eigenvalue weighted by atomic mass is 9.98. The molecule has 0 N–H and O–H groups in total. The molecule has 1 saturated heterocycles. The Bertz CT molecular complexity index is 1000. The summed E-state index contributed by atoms with van der Waals surface area (Å²) in [5, 5.41) is 12.4. The molecule has 138 valence electrons. The van der Waals surface area contributed by atoms with Gasteiger partial charge in [0.05, 0.1) is 12.1 Å². The second kappa shape index (κ2) is 6.68.